The number of hydrogen-bond acceptors (Lipinski definition) is 6. The quantitative estimate of drug-likeness (QED) is 0.697. The standard InChI is InChI=1S/C20H27N5O3S/c1-12-6-4-5-7-16(12)25-17(14-8-10-15(28-3)11-9-14)23-24-20(25)29-13(2)18(26)22-19(21)27/h8-13,16H,4-7H2,1-3H3,(H3,21,22,26,27)/t12-,13+,16-/m1/s1. The van der Waals surface area contributed by atoms with Gasteiger partial charge in [-0.15, -0.1) is 10.2 Å². The van der Waals surface area contributed by atoms with Crippen LogP contribution in [-0.4, -0.2) is 39.1 Å². The van der Waals surface area contributed by atoms with Gasteiger partial charge in [-0.3, -0.25) is 14.7 Å². The van der Waals surface area contributed by atoms with Crippen molar-refractivity contribution in [2.75, 3.05) is 7.11 Å². The molecule has 0 unspecified atom stereocenters. The van der Waals surface area contributed by atoms with Gasteiger partial charge < -0.3 is 10.5 Å². The third kappa shape index (κ3) is 4.90. The summed E-state index contributed by atoms with van der Waals surface area (Å²) in [5, 5.41) is 11.1. The number of nitrogens with two attached hydrogens (primary N) is 1. The summed E-state index contributed by atoms with van der Waals surface area (Å²) < 4.78 is 7.41. The zero-order valence-electron chi connectivity index (χ0n) is 16.9. The first kappa shape index (κ1) is 21.2. The molecule has 0 bridgehead atoms. The van der Waals surface area contributed by atoms with Crippen molar-refractivity contribution < 1.29 is 14.3 Å². The van der Waals surface area contributed by atoms with E-state index in [1.165, 1.54) is 18.2 Å². The van der Waals surface area contributed by atoms with Crippen molar-refractivity contribution in [1.29, 1.82) is 0 Å². The molecule has 1 aliphatic rings. The molecule has 1 aromatic heterocycles. The number of methoxy groups -OCH3 is 1. The first-order valence-electron chi connectivity index (χ1n) is 9.77. The molecule has 1 aliphatic carbocycles. The summed E-state index contributed by atoms with van der Waals surface area (Å²) >= 11 is 1.28. The fourth-order valence-electron chi connectivity index (χ4n) is 3.71. The van der Waals surface area contributed by atoms with Crippen molar-refractivity contribution in [3.05, 3.63) is 24.3 Å². The van der Waals surface area contributed by atoms with Crippen LogP contribution in [0.15, 0.2) is 29.4 Å². The summed E-state index contributed by atoms with van der Waals surface area (Å²) in [4.78, 5) is 23.2. The van der Waals surface area contributed by atoms with Crippen molar-refractivity contribution in [2.45, 2.75) is 56.0 Å². The summed E-state index contributed by atoms with van der Waals surface area (Å²) in [6.07, 6.45) is 4.55. The topological polar surface area (TPSA) is 112 Å². The highest BCUT2D eigenvalue weighted by Crippen LogP contribution is 2.39. The highest BCUT2D eigenvalue weighted by Gasteiger charge is 2.30. The molecule has 0 radical (unpaired) electrons. The van der Waals surface area contributed by atoms with E-state index in [9.17, 15) is 9.59 Å². The summed E-state index contributed by atoms with van der Waals surface area (Å²) in [5.74, 6) is 1.58. The maximum atomic E-state index is 12.2. The molecule has 1 heterocycles. The number of carbonyl (C=O) groups excluding carboxylic acids is 2. The van der Waals surface area contributed by atoms with Crippen LogP contribution in [0.3, 0.4) is 0 Å². The molecule has 3 amide bonds. The number of ether oxygens (including phenoxy) is 1. The van der Waals surface area contributed by atoms with E-state index in [-0.39, 0.29) is 6.04 Å². The maximum absolute atomic E-state index is 12.2. The number of aromatic nitrogens is 3. The number of primary amides is 1. The van der Waals surface area contributed by atoms with Crippen LogP contribution >= 0.6 is 11.8 Å². The van der Waals surface area contributed by atoms with Gasteiger partial charge in [0.15, 0.2) is 11.0 Å². The number of thioether (sulfide) groups is 1. The van der Waals surface area contributed by atoms with Gasteiger partial charge in [-0.05, 0) is 49.9 Å². The largest absolute Gasteiger partial charge is 0.497 e. The van der Waals surface area contributed by atoms with Gasteiger partial charge >= 0.3 is 6.03 Å². The van der Waals surface area contributed by atoms with E-state index in [0.717, 1.165) is 36.4 Å². The van der Waals surface area contributed by atoms with Gasteiger partial charge in [-0.2, -0.15) is 0 Å². The Balaban J connectivity index is 1.96. The van der Waals surface area contributed by atoms with Crippen LogP contribution in [0.25, 0.3) is 11.4 Å². The lowest BCUT2D eigenvalue weighted by atomic mass is 9.85. The van der Waals surface area contributed by atoms with Crippen LogP contribution in [0.1, 0.15) is 45.6 Å². The second kappa shape index (κ2) is 9.30. The van der Waals surface area contributed by atoms with Gasteiger partial charge in [0.25, 0.3) is 0 Å². The summed E-state index contributed by atoms with van der Waals surface area (Å²) in [5.41, 5.74) is 6.01. The van der Waals surface area contributed by atoms with Gasteiger partial charge in [-0.1, -0.05) is 31.5 Å². The van der Waals surface area contributed by atoms with Crippen molar-refractivity contribution in [2.24, 2.45) is 11.7 Å². The second-order valence-corrected chi connectivity index (χ2v) is 8.66. The molecular formula is C20H27N5O3S. The third-order valence-electron chi connectivity index (χ3n) is 5.31. The van der Waals surface area contributed by atoms with E-state index in [1.807, 2.05) is 24.3 Å². The number of nitrogens with one attached hydrogen (secondary N) is 1. The van der Waals surface area contributed by atoms with Crippen LogP contribution in [0.4, 0.5) is 4.79 Å². The minimum absolute atomic E-state index is 0.254. The molecule has 1 fully saturated rings. The number of hydrogen-bond donors (Lipinski definition) is 2. The highest BCUT2D eigenvalue weighted by molar-refractivity contribution is 8.00. The molecule has 0 spiro atoms. The van der Waals surface area contributed by atoms with Crippen molar-refractivity contribution in [3.8, 4) is 17.1 Å². The van der Waals surface area contributed by atoms with E-state index < -0.39 is 17.2 Å². The van der Waals surface area contributed by atoms with Gasteiger partial charge in [0, 0.05) is 11.6 Å². The lowest BCUT2D eigenvalue weighted by Crippen LogP contribution is -2.39. The molecular weight excluding hydrogens is 390 g/mol. The van der Waals surface area contributed by atoms with E-state index in [1.54, 1.807) is 14.0 Å². The summed E-state index contributed by atoms with van der Waals surface area (Å²) in [7, 11) is 1.63. The van der Waals surface area contributed by atoms with Gasteiger partial charge in [-0.25, -0.2) is 4.79 Å². The average molecular weight is 418 g/mol. The summed E-state index contributed by atoms with van der Waals surface area (Å²) in [6.45, 7) is 3.97. The van der Waals surface area contributed by atoms with Crippen molar-refractivity contribution in [1.82, 2.24) is 20.1 Å². The second-order valence-electron chi connectivity index (χ2n) is 7.35. The van der Waals surface area contributed by atoms with E-state index in [2.05, 4.69) is 27.0 Å². The molecule has 3 rings (SSSR count). The van der Waals surface area contributed by atoms with Crippen LogP contribution < -0.4 is 15.8 Å². The first-order chi connectivity index (χ1) is 13.9. The molecule has 29 heavy (non-hydrogen) atoms. The molecule has 8 nitrogen and oxygen atoms in total. The Labute approximate surface area is 174 Å². The number of nitrogens with zero attached hydrogens (tertiary/aromatic N) is 3. The predicted octanol–water partition coefficient (Wildman–Crippen LogP) is 3.38. The van der Waals surface area contributed by atoms with Gasteiger partial charge in [0.05, 0.1) is 12.4 Å². The lowest BCUT2D eigenvalue weighted by Gasteiger charge is -2.31. The van der Waals surface area contributed by atoms with Crippen molar-refractivity contribution in [3.63, 3.8) is 0 Å². The number of imide groups is 1. The number of carbonyl (C=O) groups is 2. The van der Waals surface area contributed by atoms with Crippen LogP contribution in [-0.2, 0) is 4.79 Å². The monoisotopic (exact) mass is 417 g/mol. The van der Waals surface area contributed by atoms with E-state index in [4.69, 9.17) is 10.5 Å². The molecule has 0 aliphatic heterocycles. The summed E-state index contributed by atoms with van der Waals surface area (Å²) in [6, 6.07) is 7.12. The molecule has 2 aromatic rings. The maximum Gasteiger partial charge on any atom is 0.318 e. The molecule has 1 aromatic carbocycles. The Morgan fingerprint density at radius 3 is 2.55 bits per heavy atom. The lowest BCUT2D eigenvalue weighted by molar-refractivity contribution is -0.119. The molecule has 1 saturated carbocycles. The molecule has 3 N–H and O–H groups in total. The van der Waals surface area contributed by atoms with Crippen LogP contribution in [0.5, 0.6) is 5.75 Å². The third-order valence-corrected chi connectivity index (χ3v) is 6.37. The van der Waals surface area contributed by atoms with Crippen molar-refractivity contribution >= 4 is 23.7 Å². The van der Waals surface area contributed by atoms with Crippen LogP contribution in [0.2, 0.25) is 0 Å². The van der Waals surface area contributed by atoms with Gasteiger partial charge in [0.2, 0.25) is 5.91 Å². The number of rotatable bonds is 6. The van der Waals surface area contributed by atoms with Crippen LogP contribution in [0, 0.1) is 5.92 Å². The molecule has 156 valence electrons. The Morgan fingerprint density at radius 1 is 1.24 bits per heavy atom. The fourth-order valence-corrected chi connectivity index (χ4v) is 4.61. The molecule has 0 saturated heterocycles. The Morgan fingerprint density at radius 2 is 1.93 bits per heavy atom. The highest BCUT2D eigenvalue weighted by atomic mass is 32.2. The normalized spacial score (nSPS) is 20.1. The van der Waals surface area contributed by atoms with E-state index in [0.29, 0.717) is 11.1 Å². The Kier molecular flexibility index (Phi) is 6.79. The average Bonchev–Trinajstić information content (AvgIpc) is 3.11. The number of benzene rings is 1. The number of amides is 3. The zero-order chi connectivity index (χ0) is 21.0. The Hall–Kier alpha value is -2.55. The molecule has 3 atom stereocenters. The smallest absolute Gasteiger partial charge is 0.318 e. The van der Waals surface area contributed by atoms with Gasteiger partial charge in [0.1, 0.15) is 5.75 Å². The van der Waals surface area contributed by atoms with E-state index >= 15 is 0 Å². The predicted molar refractivity (Wildman–Crippen MR) is 112 cm³/mol. The minimum Gasteiger partial charge on any atom is -0.497 e. The SMILES string of the molecule is COc1ccc(-c2nnc(S[C@@H](C)C(=O)NC(N)=O)n2[C@@H]2CCCC[C@H]2C)cc1. The molecule has 9 heteroatoms. The fraction of sp³-hybridized carbons (Fsp3) is 0.500. The zero-order valence-corrected chi connectivity index (χ0v) is 17.7. The Bertz CT molecular complexity index is 868. The minimum atomic E-state index is -0.858. The first-order valence-corrected chi connectivity index (χ1v) is 10.6. The number of urea groups is 1.